The molecule has 0 spiro atoms. The van der Waals surface area contributed by atoms with Crippen molar-refractivity contribution in [2.75, 3.05) is 0 Å². The van der Waals surface area contributed by atoms with Gasteiger partial charge in [-0.2, -0.15) is 0 Å². The lowest BCUT2D eigenvalue weighted by Crippen LogP contribution is -2.03. The predicted octanol–water partition coefficient (Wildman–Crippen LogP) is 2.92. The van der Waals surface area contributed by atoms with Crippen LogP contribution in [-0.2, 0) is 12.4 Å². The molecule has 2 rings (SSSR count). The van der Waals surface area contributed by atoms with Crippen LogP contribution in [0.2, 0.25) is 0 Å². The van der Waals surface area contributed by atoms with Crippen molar-refractivity contribution in [1.29, 1.82) is 0 Å². The van der Waals surface area contributed by atoms with E-state index in [0.29, 0.717) is 18.2 Å². The lowest BCUT2D eigenvalue weighted by molar-refractivity contribution is -0.384. The maximum atomic E-state index is 10.7. The van der Waals surface area contributed by atoms with Gasteiger partial charge in [-0.15, -0.1) is 21.8 Å². The number of benzene rings is 1. The molecule has 1 heterocycles. The molecule has 0 aliphatic carbocycles. The second-order valence-corrected chi connectivity index (χ2v) is 4.34. The lowest BCUT2D eigenvalue weighted by Gasteiger charge is -2.08. The van der Waals surface area contributed by atoms with Crippen LogP contribution in [0.4, 0.5) is 5.69 Å². The van der Waals surface area contributed by atoms with Gasteiger partial charge in [0.25, 0.3) is 5.69 Å². The molecule has 0 N–H and O–H groups in total. The van der Waals surface area contributed by atoms with E-state index in [1.165, 1.54) is 12.1 Å². The van der Waals surface area contributed by atoms with Crippen LogP contribution in [0.15, 0.2) is 18.2 Å². The van der Waals surface area contributed by atoms with Crippen LogP contribution in [0, 0.1) is 17.0 Å². The number of aryl methyl sites for hydroxylation is 1. The Hall–Kier alpha value is -1.95. The molecule has 100 valence electrons. The minimum absolute atomic E-state index is 0.0707. The molecule has 1 aromatic heterocycles. The molecule has 0 atom stereocenters. The number of alkyl halides is 1. The first kappa shape index (κ1) is 13.5. The number of nitrogens with zero attached hydrogens (tertiary/aromatic N) is 4. The van der Waals surface area contributed by atoms with E-state index in [1.807, 2.05) is 18.4 Å². The van der Waals surface area contributed by atoms with E-state index >= 15 is 0 Å². The zero-order valence-corrected chi connectivity index (χ0v) is 11.4. The molecule has 0 radical (unpaired) electrons. The van der Waals surface area contributed by atoms with Crippen LogP contribution in [0.25, 0.3) is 11.4 Å². The van der Waals surface area contributed by atoms with Crippen molar-refractivity contribution in [2.24, 2.45) is 0 Å². The minimum atomic E-state index is -0.411. The molecule has 0 unspecified atom stereocenters. The molecule has 7 heteroatoms. The summed E-state index contributed by atoms with van der Waals surface area (Å²) in [5, 5.41) is 18.9. The van der Waals surface area contributed by atoms with E-state index in [-0.39, 0.29) is 11.6 Å². The SMILES string of the molecule is CCn1c(CCl)nnc1-c1ccc([N+](=O)[O-])cc1C. The molecule has 6 nitrogen and oxygen atoms in total. The molecule has 2 aromatic rings. The largest absolute Gasteiger partial charge is 0.310 e. The Morgan fingerprint density at radius 3 is 2.68 bits per heavy atom. The molecular weight excluding hydrogens is 268 g/mol. The van der Waals surface area contributed by atoms with Gasteiger partial charge in [0.1, 0.15) is 5.82 Å². The summed E-state index contributed by atoms with van der Waals surface area (Å²) in [5.74, 6) is 1.66. The molecule has 0 aliphatic heterocycles. The first-order valence-corrected chi connectivity index (χ1v) is 6.35. The summed E-state index contributed by atoms with van der Waals surface area (Å²) in [4.78, 5) is 10.3. The van der Waals surface area contributed by atoms with Crippen LogP contribution in [0.3, 0.4) is 0 Å². The maximum absolute atomic E-state index is 10.7. The topological polar surface area (TPSA) is 73.8 Å². The summed E-state index contributed by atoms with van der Waals surface area (Å²) in [6.45, 7) is 4.49. The number of hydrogen-bond acceptors (Lipinski definition) is 4. The highest BCUT2D eigenvalue weighted by molar-refractivity contribution is 6.16. The Labute approximate surface area is 115 Å². The van der Waals surface area contributed by atoms with Gasteiger partial charge in [-0.25, -0.2) is 0 Å². The first-order valence-electron chi connectivity index (χ1n) is 5.82. The Morgan fingerprint density at radius 2 is 2.16 bits per heavy atom. The zero-order valence-electron chi connectivity index (χ0n) is 10.6. The molecule has 0 bridgehead atoms. The number of rotatable bonds is 4. The van der Waals surface area contributed by atoms with Gasteiger partial charge in [0.05, 0.1) is 10.8 Å². The zero-order chi connectivity index (χ0) is 14.0. The summed E-state index contributed by atoms with van der Waals surface area (Å²) < 4.78 is 1.90. The average molecular weight is 281 g/mol. The third-order valence-electron chi connectivity index (χ3n) is 2.92. The predicted molar refractivity (Wildman–Crippen MR) is 72.1 cm³/mol. The molecule has 0 aliphatic rings. The number of nitro groups is 1. The van der Waals surface area contributed by atoms with E-state index in [1.54, 1.807) is 6.07 Å². The Morgan fingerprint density at radius 1 is 1.42 bits per heavy atom. The fourth-order valence-electron chi connectivity index (χ4n) is 1.98. The molecule has 0 amide bonds. The monoisotopic (exact) mass is 280 g/mol. The Kier molecular flexibility index (Phi) is 3.80. The van der Waals surface area contributed by atoms with Crippen molar-refractivity contribution in [3.63, 3.8) is 0 Å². The van der Waals surface area contributed by atoms with Crippen LogP contribution in [0.1, 0.15) is 18.3 Å². The van der Waals surface area contributed by atoms with Gasteiger partial charge >= 0.3 is 0 Å². The van der Waals surface area contributed by atoms with E-state index in [9.17, 15) is 10.1 Å². The van der Waals surface area contributed by atoms with Gasteiger partial charge < -0.3 is 4.57 Å². The number of non-ortho nitro benzene ring substituents is 1. The van der Waals surface area contributed by atoms with Crippen LogP contribution < -0.4 is 0 Å². The lowest BCUT2D eigenvalue weighted by atomic mass is 10.1. The number of nitro benzene ring substituents is 1. The van der Waals surface area contributed by atoms with Crippen molar-refractivity contribution in [3.8, 4) is 11.4 Å². The quantitative estimate of drug-likeness (QED) is 0.490. The summed E-state index contributed by atoms with van der Waals surface area (Å²) in [6, 6.07) is 4.70. The fraction of sp³-hybridized carbons (Fsp3) is 0.333. The molecule has 0 fully saturated rings. The molecule has 1 aromatic carbocycles. The molecule has 0 saturated heterocycles. The third kappa shape index (κ3) is 2.44. The second kappa shape index (κ2) is 5.36. The van der Waals surface area contributed by atoms with E-state index in [4.69, 9.17) is 11.6 Å². The van der Waals surface area contributed by atoms with E-state index < -0.39 is 4.92 Å². The number of hydrogen-bond donors (Lipinski definition) is 0. The number of aromatic nitrogens is 3. The Balaban J connectivity index is 2.53. The average Bonchev–Trinajstić information content (AvgIpc) is 2.80. The van der Waals surface area contributed by atoms with Crippen molar-refractivity contribution < 1.29 is 4.92 Å². The summed E-state index contributed by atoms with van der Waals surface area (Å²) >= 11 is 5.81. The van der Waals surface area contributed by atoms with Gasteiger partial charge in [-0.1, -0.05) is 0 Å². The smallest absolute Gasteiger partial charge is 0.269 e. The minimum Gasteiger partial charge on any atom is -0.310 e. The second-order valence-electron chi connectivity index (χ2n) is 4.07. The van der Waals surface area contributed by atoms with Gasteiger partial charge in [-0.05, 0) is 25.5 Å². The fourth-order valence-corrected chi connectivity index (χ4v) is 2.18. The van der Waals surface area contributed by atoms with E-state index in [2.05, 4.69) is 10.2 Å². The Bertz CT molecular complexity index is 624. The van der Waals surface area contributed by atoms with Crippen molar-refractivity contribution in [1.82, 2.24) is 14.8 Å². The highest BCUT2D eigenvalue weighted by Crippen LogP contribution is 2.26. The van der Waals surface area contributed by atoms with Crippen LogP contribution >= 0.6 is 11.6 Å². The highest BCUT2D eigenvalue weighted by atomic mass is 35.5. The van der Waals surface area contributed by atoms with Crippen molar-refractivity contribution in [3.05, 3.63) is 39.7 Å². The molecular formula is C12H13ClN4O2. The van der Waals surface area contributed by atoms with E-state index in [0.717, 1.165) is 11.1 Å². The van der Waals surface area contributed by atoms with Gasteiger partial charge in [0.2, 0.25) is 0 Å². The summed E-state index contributed by atoms with van der Waals surface area (Å²) in [6.07, 6.45) is 0. The van der Waals surface area contributed by atoms with Crippen molar-refractivity contribution in [2.45, 2.75) is 26.3 Å². The standard InChI is InChI=1S/C12H13ClN4O2/c1-3-16-11(7-13)14-15-12(16)10-5-4-9(17(18)19)6-8(10)2/h4-6H,3,7H2,1-2H3. The molecule has 19 heavy (non-hydrogen) atoms. The van der Waals surface area contributed by atoms with Gasteiger partial charge in [0, 0.05) is 24.2 Å². The number of halogens is 1. The summed E-state index contributed by atoms with van der Waals surface area (Å²) in [5.41, 5.74) is 1.69. The van der Waals surface area contributed by atoms with Gasteiger partial charge in [0.15, 0.2) is 5.82 Å². The van der Waals surface area contributed by atoms with Gasteiger partial charge in [-0.3, -0.25) is 10.1 Å². The maximum Gasteiger partial charge on any atom is 0.269 e. The first-order chi connectivity index (χ1) is 9.08. The van der Waals surface area contributed by atoms with Crippen molar-refractivity contribution >= 4 is 17.3 Å². The third-order valence-corrected chi connectivity index (χ3v) is 3.16. The highest BCUT2D eigenvalue weighted by Gasteiger charge is 2.16. The van der Waals surface area contributed by atoms with Crippen LogP contribution in [0.5, 0.6) is 0 Å². The normalized spacial score (nSPS) is 10.7. The molecule has 0 saturated carbocycles. The summed E-state index contributed by atoms with van der Waals surface area (Å²) in [7, 11) is 0. The van der Waals surface area contributed by atoms with Crippen LogP contribution in [-0.4, -0.2) is 19.7 Å².